The minimum Gasteiger partial charge on any atom is -0.497 e. The number of nitrogens with zero attached hydrogens (tertiary/aromatic N) is 2. The fourth-order valence-electron chi connectivity index (χ4n) is 5.93. The monoisotopic (exact) mass is 669 g/mol. The van der Waals surface area contributed by atoms with E-state index in [0.717, 1.165) is 41.1 Å². The summed E-state index contributed by atoms with van der Waals surface area (Å²) in [6.45, 7) is 3.30. The van der Waals surface area contributed by atoms with Crippen molar-refractivity contribution in [3.8, 4) is 17.2 Å². The van der Waals surface area contributed by atoms with Gasteiger partial charge in [0.1, 0.15) is 29.8 Å². The summed E-state index contributed by atoms with van der Waals surface area (Å²) in [6, 6.07) is 28.9. The molecule has 9 nitrogen and oxygen atoms in total. The van der Waals surface area contributed by atoms with E-state index in [-0.39, 0.29) is 29.1 Å². The van der Waals surface area contributed by atoms with Gasteiger partial charge in [0.2, 0.25) is 11.8 Å². The number of benzene rings is 4. The van der Waals surface area contributed by atoms with Crippen LogP contribution in [0.4, 0.5) is 5.69 Å². The van der Waals surface area contributed by atoms with Gasteiger partial charge in [0.05, 0.1) is 17.7 Å². The van der Waals surface area contributed by atoms with E-state index in [9.17, 15) is 18.0 Å². The third-order valence-corrected chi connectivity index (χ3v) is 10.4. The average molecular weight is 670 g/mol. The number of hydrogen-bond acceptors (Lipinski definition) is 6. The lowest BCUT2D eigenvalue weighted by Gasteiger charge is -2.34. The zero-order chi connectivity index (χ0) is 34.1. The van der Waals surface area contributed by atoms with E-state index in [1.54, 1.807) is 49.6 Å². The van der Waals surface area contributed by atoms with Crippen molar-refractivity contribution >= 4 is 27.5 Å². The van der Waals surface area contributed by atoms with Crippen LogP contribution in [0.5, 0.6) is 17.2 Å². The van der Waals surface area contributed by atoms with Crippen molar-refractivity contribution in [1.82, 2.24) is 10.2 Å². The second-order valence-corrected chi connectivity index (χ2v) is 13.9. The molecule has 0 saturated heterocycles. The summed E-state index contributed by atoms with van der Waals surface area (Å²) in [5.41, 5.74) is 1.95. The molecular formula is C38H43N3O6S. The number of rotatable bonds is 14. The zero-order valence-electron chi connectivity index (χ0n) is 27.7. The van der Waals surface area contributed by atoms with Crippen LogP contribution in [0.15, 0.2) is 108 Å². The topological polar surface area (TPSA) is 105 Å². The number of para-hydroxylation sites is 1. The van der Waals surface area contributed by atoms with E-state index in [1.165, 1.54) is 17.0 Å². The fraction of sp³-hybridized carbons (Fsp3) is 0.316. The Morgan fingerprint density at radius 2 is 1.50 bits per heavy atom. The van der Waals surface area contributed by atoms with Gasteiger partial charge in [-0.2, -0.15) is 0 Å². The van der Waals surface area contributed by atoms with Crippen LogP contribution in [0.2, 0.25) is 0 Å². The highest BCUT2D eigenvalue weighted by Gasteiger charge is 2.34. The zero-order valence-corrected chi connectivity index (χ0v) is 28.5. The predicted molar refractivity (Wildman–Crippen MR) is 187 cm³/mol. The van der Waals surface area contributed by atoms with Crippen LogP contribution in [0, 0.1) is 6.92 Å². The predicted octanol–water partition coefficient (Wildman–Crippen LogP) is 6.86. The lowest BCUT2D eigenvalue weighted by atomic mass is 10.1. The molecule has 252 valence electrons. The molecule has 0 aromatic heterocycles. The van der Waals surface area contributed by atoms with Crippen molar-refractivity contribution in [1.29, 1.82) is 0 Å². The maximum absolute atomic E-state index is 14.5. The SMILES string of the molecule is CCC(C(=O)NC1CCCC1)N(Cc1cccc(OC)c1)C(=O)CN(c1ccc(Oc2ccccc2)cc1)S(=O)(=O)c1ccc(C)cc1. The summed E-state index contributed by atoms with van der Waals surface area (Å²) in [5, 5.41) is 3.14. The molecule has 0 heterocycles. The number of nitrogens with one attached hydrogen (secondary N) is 1. The molecule has 4 aromatic carbocycles. The lowest BCUT2D eigenvalue weighted by molar-refractivity contribution is -0.140. The number of hydrogen-bond donors (Lipinski definition) is 1. The van der Waals surface area contributed by atoms with Crippen molar-refractivity contribution < 1.29 is 27.5 Å². The minimum atomic E-state index is -4.20. The smallest absolute Gasteiger partial charge is 0.264 e. The van der Waals surface area contributed by atoms with E-state index in [0.29, 0.717) is 23.7 Å². The second-order valence-electron chi connectivity index (χ2n) is 12.0. The van der Waals surface area contributed by atoms with E-state index in [2.05, 4.69) is 5.32 Å². The molecule has 1 atom stereocenters. The van der Waals surface area contributed by atoms with Crippen LogP contribution in [-0.4, -0.2) is 50.9 Å². The molecule has 0 bridgehead atoms. The van der Waals surface area contributed by atoms with Crippen LogP contribution >= 0.6 is 0 Å². The van der Waals surface area contributed by atoms with Crippen molar-refractivity contribution in [2.45, 2.75) is 69.5 Å². The summed E-state index contributed by atoms with van der Waals surface area (Å²) >= 11 is 0. The summed E-state index contributed by atoms with van der Waals surface area (Å²) in [7, 11) is -2.64. The third-order valence-electron chi connectivity index (χ3n) is 8.57. The maximum atomic E-state index is 14.5. The molecule has 0 spiro atoms. The summed E-state index contributed by atoms with van der Waals surface area (Å²) in [5.74, 6) is 1.02. The van der Waals surface area contributed by atoms with Crippen molar-refractivity contribution in [3.05, 3.63) is 114 Å². The fourth-order valence-corrected chi connectivity index (χ4v) is 7.34. The van der Waals surface area contributed by atoms with E-state index in [4.69, 9.17) is 9.47 Å². The van der Waals surface area contributed by atoms with Crippen LogP contribution in [0.25, 0.3) is 0 Å². The average Bonchev–Trinajstić information content (AvgIpc) is 3.61. The molecule has 1 aliphatic carbocycles. The summed E-state index contributed by atoms with van der Waals surface area (Å²) in [6.07, 6.45) is 4.26. The van der Waals surface area contributed by atoms with Crippen LogP contribution < -0.4 is 19.1 Å². The van der Waals surface area contributed by atoms with Gasteiger partial charge in [0.25, 0.3) is 10.0 Å². The van der Waals surface area contributed by atoms with Crippen LogP contribution in [-0.2, 0) is 26.2 Å². The number of aryl methyl sites for hydroxylation is 1. The largest absolute Gasteiger partial charge is 0.497 e. The van der Waals surface area contributed by atoms with Gasteiger partial charge in [-0.05, 0) is 92.4 Å². The first-order chi connectivity index (χ1) is 23.2. The Hall–Kier alpha value is -4.83. The molecule has 1 fully saturated rings. The first-order valence-electron chi connectivity index (χ1n) is 16.3. The number of amides is 2. The molecule has 1 unspecified atom stereocenters. The summed E-state index contributed by atoms with van der Waals surface area (Å²) < 4.78 is 40.9. The Morgan fingerprint density at radius 1 is 0.854 bits per heavy atom. The highest BCUT2D eigenvalue weighted by atomic mass is 32.2. The first kappa shape index (κ1) is 34.5. The molecule has 0 radical (unpaired) electrons. The standard InChI is InChI=1S/C38H43N3O6S/c1-4-36(38(43)39-30-12-8-9-13-30)40(26-29-11-10-16-34(25-29)46-3)37(42)27-41(48(44,45)35-23-17-28(2)18-24-35)31-19-21-33(22-20-31)47-32-14-6-5-7-15-32/h5-7,10-11,14-25,30,36H,4,8-9,12-13,26-27H2,1-3H3,(H,39,43). The van der Waals surface area contributed by atoms with Gasteiger partial charge in [0, 0.05) is 12.6 Å². The Bertz CT molecular complexity index is 1770. The van der Waals surface area contributed by atoms with Gasteiger partial charge in [0.15, 0.2) is 0 Å². The molecule has 1 saturated carbocycles. The van der Waals surface area contributed by atoms with Gasteiger partial charge in [-0.3, -0.25) is 13.9 Å². The first-order valence-corrected chi connectivity index (χ1v) is 17.8. The Morgan fingerprint density at radius 3 is 2.15 bits per heavy atom. The molecule has 1 N–H and O–H groups in total. The van der Waals surface area contributed by atoms with Crippen LogP contribution in [0.3, 0.4) is 0 Å². The third kappa shape index (κ3) is 8.55. The molecular weight excluding hydrogens is 627 g/mol. The van der Waals surface area contributed by atoms with Crippen LogP contribution in [0.1, 0.15) is 50.2 Å². The number of ether oxygens (including phenoxy) is 2. The normalized spacial score (nSPS) is 13.8. The quantitative estimate of drug-likeness (QED) is 0.157. The molecule has 1 aliphatic rings. The van der Waals surface area contributed by atoms with Crippen molar-refractivity contribution in [2.75, 3.05) is 18.0 Å². The Kier molecular flexibility index (Phi) is 11.4. The lowest BCUT2D eigenvalue weighted by Crippen LogP contribution is -2.53. The molecule has 4 aromatic rings. The highest BCUT2D eigenvalue weighted by Crippen LogP contribution is 2.29. The van der Waals surface area contributed by atoms with E-state index >= 15 is 0 Å². The molecule has 0 aliphatic heterocycles. The second kappa shape index (κ2) is 15.8. The minimum absolute atomic E-state index is 0.0517. The van der Waals surface area contributed by atoms with E-state index in [1.807, 2.05) is 62.4 Å². The van der Waals surface area contributed by atoms with Gasteiger partial charge >= 0.3 is 0 Å². The highest BCUT2D eigenvalue weighted by molar-refractivity contribution is 7.92. The van der Waals surface area contributed by atoms with Gasteiger partial charge in [-0.1, -0.05) is 67.8 Å². The molecule has 10 heteroatoms. The Labute approximate surface area is 283 Å². The number of methoxy groups -OCH3 is 1. The molecule has 48 heavy (non-hydrogen) atoms. The molecule has 5 rings (SSSR count). The van der Waals surface area contributed by atoms with Crippen molar-refractivity contribution in [2.24, 2.45) is 0 Å². The summed E-state index contributed by atoms with van der Waals surface area (Å²) in [4.78, 5) is 29.7. The maximum Gasteiger partial charge on any atom is 0.264 e. The molecule has 2 amide bonds. The van der Waals surface area contributed by atoms with Crippen molar-refractivity contribution in [3.63, 3.8) is 0 Å². The van der Waals surface area contributed by atoms with Gasteiger partial charge in [-0.25, -0.2) is 8.42 Å². The Balaban J connectivity index is 1.50. The number of sulfonamides is 1. The van der Waals surface area contributed by atoms with E-state index < -0.39 is 28.5 Å². The number of carbonyl (C=O) groups is 2. The number of carbonyl (C=O) groups excluding carboxylic acids is 2. The van der Waals surface area contributed by atoms with Gasteiger partial charge < -0.3 is 19.7 Å². The van der Waals surface area contributed by atoms with Gasteiger partial charge in [-0.15, -0.1) is 0 Å². The number of anilines is 1.